The predicted molar refractivity (Wildman–Crippen MR) is 117 cm³/mol. The quantitative estimate of drug-likeness (QED) is 0.284. The van der Waals surface area contributed by atoms with Crippen LogP contribution in [0.1, 0.15) is 58.0 Å². The number of hydrogen-bond acceptors (Lipinski definition) is 4. The summed E-state index contributed by atoms with van der Waals surface area (Å²) in [7, 11) is 0. The Morgan fingerprint density at radius 1 is 1.07 bits per heavy atom. The molecule has 148 valence electrons. The van der Waals surface area contributed by atoms with Gasteiger partial charge in [0.05, 0.1) is 22.6 Å². The third-order valence-electron chi connectivity index (χ3n) is 5.15. The van der Waals surface area contributed by atoms with E-state index in [2.05, 4.69) is 6.92 Å². The molecule has 0 saturated carbocycles. The van der Waals surface area contributed by atoms with Gasteiger partial charge in [0.2, 0.25) is 5.78 Å². The van der Waals surface area contributed by atoms with E-state index >= 15 is 0 Å². The van der Waals surface area contributed by atoms with Gasteiger partial charge in [-0.2, -0.15) is 0 Å². The number of nitrogens with zero attached hydrogens (tertiary/aromatic N) is 1. The lowest BCUT2D eigenvalue weighted by molar-refractivity contribution is 0.0517. The van der Waals surface area contributed by atoms with E-state index in [0.717, 1.165) is 34.7 Å². The Bertz CT molecular complexity index is 1190. The SMILES string of the molecule is CCCCc1c(C(=O)c2cccs2)c2c3ccccc3ccn2c1C(=O)OCC. The largest absolute Gasteiger partial charge is 0.461 e. The fourth-order valence-corrected chi connectivity index (χ4v) is 4.53. The summed E-state index contributed by atoms with van der Waals surface area (Å²) in [5, 5.41) is 3.90. The van der Waals surface area contributed by atoms with E-state index in [1.165, 1.54) is 11.3 Å². The smallest absolute Gasteiger partial charge is 0.355 e. The number of ketones is 1. The van der Waals surface area contributed by atoms with Crippen LogP contribution in [-0.2, 0) is 11.2 Å². The van der Waals surface area contributed by atoms with Crippen LogP contribution in [0.2, 0.25) is 0 Å². The van der Waals surface area contributed by atoms with E-state index in [-0.39, 0.29) is 11.8 Å². The molecule has 0 fully saturated rings. The number of thiophene rings is 1. The first-order chi connectivity index (χ1) is 14.2. The number of fused-ring (bicyclic) bond motifs is 3. The van der Waals surface area contributed by atoms with Gasteiger partial charge in [0.1, 0.15) is 5.69 Å². The summed E-state index contributed by atoms with van der Waals surface area (Å²) in [5.41, 5.74) is 2.68. The van der Waals surface area contributed by atoms with Gasteiger partial charge in [-0.1, -0.05) is 43.7 Å². The lowest BCUT2D eigenvalue weighted by Gasteiger charge is -2.07. The number of benzene rings is 1. The average molecular weight is 406 g/mol. The minimum atomic E-state index is -0.380. The van der Waals surface area contributed by atoms with Gasteiger partial charge in [0.15, 0.2) is 0 Å². The van der Waals surface area contributed by atoms with Gasteiger partial charge in [-0.15, -0.1) is 11.3 Å². The number of aromatic nitrogens is 1. The lowest BCUT2D eigenvalue weighted by Crippen LogP contribution is -2.11. The van der Waals surface area contributed by atoms with Crippen molar-refractivity contribution in [3.63, 3.8) is 0 Å². The highest BCUT2D eigenvalue weighted by Crippen LogP contribution is 2.34. The molecule has 0 bridgehead atoms. The zero-order valence-electron chi connectivity index (χ0n) is 16.6. The van der Waals surface area contributed by atoms with Crippen LogP contribution in [0.3, 0.4) is 0 Å². The first-order valence-corrected chi connectivity index (χ1v) is 10.8. The minimum absolute atomic E-state index is 0.0319. The molecule has 0 aliphatic rings. The zero-order chi connectivity index (χ0) is 20.4. The summed E-state index contributed by atoms with van der Waals surface area (Å²) in [6, 6.07) is 13.7. The van der Waals surface area contributed by atoms with Crippen LogP contribution in [0.4, 0.5) is 0 Å². The molecule has 0 N–H and O–H groups in total. The molecule has 29 heavy (non-hydrogen) atoms. The number of unbranched alkanes of at least 4 members (excludes halogenated alkanes) is 1. The Kier molecular flexibility index (Phi) is 5.49. The van der Waals surface area contributed by atoms with Crippen molar-refractivity contribution in [2.45, 2.75) is 33.1 Å². The number of esters is 1. The Hall–Kier alpha value is -2.92. The third kappa shape index (κ3) is 3.36. The van der Waals surface area contributed by atoms with Crippen molar-refractivity contribution >= 4 is 39.4 Å². The Morgan fingerprint density at radius 3 is 2.62 bits per heavy atom. The number of hydrogen-bond donors (Lipinski definition) is 0. The molecule has 0 aliphatic carbocycles. The van der Waals surface area contributed by atoms with Crippen molar-refractivity contribution in [2.75, 3.05) is 6.61 Å². The van der Waals surface area contributed by atoms with Gasteiger partial charge in [0.25, 0.3) is 0 Å². The van der Waals surface area contributed by atoms with Crippen LogP contribution in [0, 0.1) is 0 Å². The predicted octanol–water partition coefficient (Wildman–Crippen LogP) is 5.90. The number of pyridine rings is 1. The second-order valence-corrected chi connectivity index (χ2v) is 7.90. The van der Waals surface area contributed by atoms with Crippen LogP contribution >= 0.6 is 11.3 Å². The lowest BCUT2D eigenvalue weighted by atomic mass is 9.97. The molecule has 0 unspecified atom stereocenters. The highest BCUT2D eigenvalue weighted by atomic mass is 32.1. The van der Waals surface area contributed by atoms with Crippen molar-refractivity contribution in [1.29, 1.82) is 0 Å². The van der Waals surface area contributed by atoms with Gasteiger partial charge in [-0.05, 0) is 48.2 Å². The van der Waals surface area contributed by atoms with Crippen LogP contribution in [-0.4, -0.2) is 22.8 Å². The van der Waals surface area contributed by atoms with Gasteiger partial charge >= 0.3 is 5.97 Å². The average Bonchev–Trinajstić information content (AvgIpc) is 3.38. The monoisotopic (exact) mass is 405 g/mol. The van der Waals surface area contributed by atoms with Gasteiger partial charge in [-0.25, -0.2) is 4.79 Å². The Balaban J connectivity index is 2.11. The molecule has 3 aromatic heterocycles. The molecule has 4 aromatic rings. The van der Waals surface area contributed by atoms with Gasteiger partial charge in [0, 0.05) is 11.6 Å². The van der Waals surface area contributed by atoms with Crippen molar-refractivity contribution in [1.82, 2.24) is 4.40 Å². The van der Waals surface area contributed by atoms with E-state index < -0.39 is 0 Å². The summed E-state index contributed by atoms with van der Waals surface area (Å²) in [5.74, 6) is -0.412. The topological polar surface area (TPSA) is 47.8 Å². The third-order valence-corrected chi connectivity index (χ3v) is 6.02. The van der Waals surface area contributed by atoms with E-state index in [0.29, 0.717) is 29.2 Å². The molecule has 0 amide bonds. The van der Waals surface area contributed by atoms with Gasteiger partial charge in [-0.3, -0.25) is 4.79 Å². The van der Waals surface area contributed by atoms with Crippen LogP contribution in [0.25, 0.3) is 16.3 Å². The first kappa shape index (κ1) is 19.4. The maximum atomic E-state index is 13.6. The molecule has 3 heterocycles. The summed E-state index contributed by atoms with van der Waals surface area (Å²) in [6.07, 6.45) is 4.41. The van der Waals surface area contributed by atoms with Gasteiger partial charge < -0.3 is 9.14 Å². The maximum absolute atomic E-state index is 13.6. The summed E-state index contributed by atoms with van der Waals surface area (Å²) < 4.78 is 7.24. The van der Waals surface area contributed by atoms with Crippen molar-refractivity contribution in [2.24, 2.45) is 0 Å². The Labute approximate surface area is 173 Å². The molecule has 0 radical (unpaired) electrons. The number of carbonyl (C=O) groups is 2. The molecule has 1 aromatic carbocycles. The maximum Gasteiger partial charge on any atom is 0.355 e. The highest BCUT2D eigenvalue weighted by molar-refractivity contribution is 7.12. The molecule has 0 aliphatic heterocycles. The van der Waals surface area contributed by atoms with Crippen molar-refractivity contribution < 1.29 is 14.3 Å². The van der Waals surface area contributed by atoms with Crippen LogP contribution < -0.4 is 0 Å². The van der Waals surface area contributed by atoms with Crippen LogP contribution in [0.5, 0.6) is 0 Å². The standard InChI is InChI=1S/C24H23NO3S/c1-3-5-10-18-20(23(26)19-12-8-15-29-19)21-17-11-7-6-9-16(17)13-14-25(21)22(18)24(27)28-4-2/h6-9,11-15H,3-5,10H2,1-2H3. The fraction of sp³-hybridized carbons (Fsp3) is 0.250. The molecule has 0 spiro atoms. The molecule has 0 saturated heterocycles. The van der Waals surface area contributed by atoms with Crippen molar-refractivity contribution in [3.8, 4) is 0 Å². The molecule has 4 rings (SSSR count). The molecule has 0 atom stereocenters. The minimum Gasteiger partial charge on any atom is -0.461 e. The highest BCUT2D eigenvalue weighted by Gasteiger charge is 2.29. The molecule has 4 nitrogen and oxygen atoms in total. The van der Waals surface area contributed by atoms with Crippen molar-refractivity contribution in [3.05, 3.63) is 75.7 Å². The fourth-order valence-electron chi connectivity index (χ4n) is 3.86. The van der Waals surface area contributed by atoms with Crippen LogP contribution in [0.15, 0.2) is 54.0 Å². The second kappa shape index (κ2) is 8.21. The summed E-state index contributed by atoms with van der Waals surface area (Å²) in [4.78, 5) is 27.2. The van der Waals surface area contributed by atoms with E-state index in [1.54, 1.807) is 6.92 Å². The molecule has 5 heteroatoms. The summed E-state index contributed by atoms with van der Waals surface area (Å²) in [6.45, 7) is 4.20. The summed E-state index contributed by atoms with van der Waals surface area (Å²) >= 11 is 1.43. The molecular formula is C24H23NO3S. The molecular weight excluding hydrogens is 382 g/mol. The zero-order valence-corrected chi connectivity index (χ0v) is 17.4. The normalized spacial score (nSPS) is 11.2. The second-order valence-electron chi connectivity index (χ2n) is 6.95. The van der Waals surface area contributed by atoms with E-state index in [9.17, 15) is 9.59 Å². The first-order valence-electron chi connectivity index (χ1n) is 9.97. The van der Waals surface area contributed by atoms with E-state index in [4.69, 9.17) is 4.74 Å². The number of rotatable bonds is 7. The van der Waals surface area contributed by atoms with E-state index in [1.807, 2.05) is 58.4 Å². The number of ether oxygens (including phenoxy) is 1. The Morgan fingerprint density at radius 2 is 1.90 bits per heavy atom. The number of carbonyl (C=O) groups excluding carboxylic acids is 2.